The molecule has 1 unspecified atom stereocenters. The van der Waals surface area contributed by atoms with Crippen molar-refractivity contribution < 1.29 is 37.3 Å². The third kappa shape index (κ3) is 7.43. The van der Waals surface area contributed by atoms with Crippen molar-refractivity contribution in [2.24, 2.45) is 0 Å². The van der Waals surface area contributed by atoms with E-state index in [9.17, 15) is 22.8 Å². The van der Waals surface area contributed by atoms with Crippen molar-refractivity contribution in [1.29, 1.82) is 0 Å². The number of hydrogen-bond acceptors (Lipinski definition) is 5. The summed E-state index contributed by atoms with van der Waals surface area (Å²) in [6.45, 7) is 1.19. The monoisotopic (exact) mass is 390 g/mol. The molecule has 1 heterocycles. The maximum atomic E-state index is 12.5. The normalized spacial score (nSPS) is 17.8. The van der Waals surface area contributed by atoms with Crippen molar-refractivity contribution in [1.82, 2.24) is 9.80 Å². The summed E-state index contributed by atoms with van der Waals surface area (Å²) >= 11 is 0. The van der Waals surface area contributed by atoms with Crippen molar-refractivity contribution in [2.45, 2.75) is 18.9 Å². The molecule has 0 aromatic heterocycles. The number of ether oxygens (including phenoxy) is 2. The molecule has 0 bridgehead atoms. The quantitative estimate of drug-likeness (QED) is 0.758. The minimum absolute atomic E-state index is 0.0628. The molecule has 1 saturated heterocycles. The molecule has 0 aliphatic carbocycles. The fourth-order valence-corrected chi connectivity index (χ4v) is 2.84. The van der Waals surface area contributed by atoms with Crippen LogP contribution in [0, 0.1) is 0 Å². The van der Waals surface area contributed by atoms with Crippen LogP contribution < -0.4 is 4.74 Å². The van der Waals surface area contributed by atoms with Gasteiger partial charge in [-0.1, -0.05) is 12.1 Å². The smallest absolute Gasteiger partial charge is 0.480 e. The molecule has 0 spiro atoms. The van der Waals surface area contributed by atoms with Crippen molar-refractivity contribution in [3.8, 4) is 5.75 Å². The number of rotatable bonds is 7. The first-order valence-electron chi connectivity index (χ1n) is 8.27. The molecule has 150 valence electrons. The van der Waals surface area contributed by atoms with Gasteiger partial charge in [0.2, 0.25) is 5.91 Å². The van der Waals surface area contributed by atoms with E-state index in [2.05, 4.69) is 4.74 Å². The Bertz CT molecular complexity index is 668. The predicted molar refractivity (Wildman–Crippen MR) is 88.3 cm³/mol. The lowest BCUT2D eigenvalue weighted by atomic mass is 10.1. The average Bonchev–Trinajstić information content (AvgIpc) is 2.53. The molecule has 10 heteroatoms. The molecule has 1 aromatic carbocycles. The SMILES string of the molecule is CN(CC(=O)O)CC1CN(C(=O)Cc2cccc(OC(F)(F)F)c2)CCO1. The van der Waals surface area contributed by atoms with Crippen molar-refractivity contribution in [3.63, 3.8) is 0 Å². The zero-order chi connectivity index (χ0) is 20.0. The minimum Gasteiger partial charge on any atom is -0.480 e. The first-order valence-corrected chi connectivity index (χ1v) is 8.27. The van der Waals surface area contributed by atoms with Gasteiger partial charge in [0.1, 0.15) is 5.75 Å². The molecular weight excluding hydrogens is 369 g/mol. The Labute approximate surface area is 154 Å². The molecule has 0 saturated carbocycles. The molecular formula is C17H21F3N2O5. The Kier molecular flexibility index (Phi) is 7.03. The number of carbonyl (C=O) groups excluding carboxylic acids is 1. The number of carbonyl (C=O) groups is 2. The molecule has 1 aliphatic rings. The lowest BCUT2D eigenvalue weighted by Crippen LogP contribution is -2.50. The van der Waals surface area contributed by atoms with E-state index in [-0.39, 0.29) is 30.7 Å². The van der Waals surface area contributed by atoms with E-state index >= 15 is 0 Å². The summed E-state index contributed by atoms with van der Waals surface area (Å²) in [6, 6.07) is 5.31. The number of likely N-dealkylation sites (N-methyl/N-ethyl adjacent to an activating group) is 1. The fraction of sp³-hybridized carbons (Fsp3) is 0.529. The van der Waals surface area contributed by atoms with E-state index in [1.165, 1.54) is 18.2 Å². The van der Waals surface area contributed by atoms with Crippen molar-refractivity contribution in [2.75, 3.05) is 39.8 Å². The molecule has 27 heavy (non-hydrogen) atoms. The van der Waals surface area contributed by atoms with Gasteiger partial charge >= 0.3 is 12.3 Å². The average molecular weight is 390 g/mol. The highest BCUT2D eigenvalue weighted by Gasteiger charge is 2.31. The Morgan fingerprint density at radius 3 is 2.81 bits per heavy atom. The van der Waals surface area contributed by atoms with Gasteiger partial charge in [0, 0.05) is 19.6 Å². The van der Waals surface area contributed by atoms with Crippen LogP contribution in [0.1, 0.15) is 5.56 Å². The number of morpholine rings is 1. The van der Waals surface area contributed by atoms with E-state index in [4.69, 9.17) is 9.84 Å². The van der Waals surface area contributed by atoms with Crippen LogP contribution in [0.2, 0.25) is 0 Å². The number of amides is 1. The van der Waals surface area contributed by atoms with Crippen molar-refractivity contribution >= 4 is 11.9 Å². The predicted octanol–water partition coefficient (Wildman–Crippen LogP) is 1.37. The Balaban J connectivity index is 1.91. The number of halogens is 3. The lowest BCUT2D eigenvalue weighted by Gasteiger charge is -2.34. The molecule has 2 rings (SSSR count). The van der Waals surface area contributed by atoms with E-state index in [0.29, 0.717) is 31.8 Å². The van der Waals surface area contributed by atoms with Gasteiger partial charge in [0.25, 0.3) is 0 Å². The van der Waals surface area contributed by atoms with Gasteiger partial charge in [-0.05, 0) is 24.7 Å². The van der Waals surface area contributed by atoms with Crippen LogP contribution >= 0.6 is 0 Å². The standard InChI is InChI=1S/C17H21F3N2O5/c1-21(11-16(24)25)9-14-10-22(5-6-26-14)15(23)8-12-3-2-4-13(7-12)27-17(18,19)20/h2-4,7,14H,5-6,8-11H2,1H3,(H,24,25). The number of nitrogens with zero attached hydrogens (tertiary/aromatic N) is 2. The van der Waals surface area contributed by atoms with Crippen LogP contribution in [-0.2, 0) is 20.7 Å². The van der Waals surface area contributed by atoms with Crippen LogP contribution in [0.5, 0.6) is 5.75 Å². The second kappa shape index (κ2) is 9.05. The van der Waals surface area contributed by atoms with Gasteiger partial charge in [-0.25, -0.2) is 0 Å². The molecule has 1 atom stereocenters. The molecule has 1 fully saturated rings. The Hall–Kier alpha value is -2.33. The summed E-state index contributed by atoms with van der Waals surface area (Å²) in [5.74, 6) is -1.57. The van der Waals surface area contributed by atoms with Gasteiger partial charge in [-0.15, -0.1) is 13.2 Å². The van der Waals surface area contributed by atoms with E-state index in [0.717, 1.165) is 0 Å². The van der Waals surface area contributed by atoms with Gasteiger partial charge in [0.05, 0.1) is 25.7 Å². The summed E-state index contributed by atoms with van der Waals surface area (Å²) in [5.41, 5.74) is 0.410. The van der Waals surface area contributed by atoms with Crippen LogP contribution in [-0.4, -0.2) is 79.1 Å². The summed E-state index contributed by atoms with van der Waals surface area (Å²) in [7, 11) is 1.64. The van der Waals surface area contributed by atoms with Crippen LogP contribution in [0.4, 0.5) is 13.2 Å². The molecule has 0 radical (unpaired) electrons. The first kappa shape index (κ1) is 21.0. The lowest BCUT2D eigenvalue weighted by molar-refractivity contribution is -0.274. The molecule has 7 nitrogen and oxygen atoms in total. The van der Waals surface area contributed by atoms with Crippen molar-refractivity contribution in [3.05, 3.63) is 29.8 Å². The summed E-state index contributed by atoms with van der Waals surface area (Å²) in [4.78, 5) is 26.3. The zero-order valence-electron chi connectivity index (χ0n) is 14.7. The highest BCUT2D eigenvalue weighted by atomic mass is 19.4. The summed E-state index contributed by atoms with van der Waals surface area (Å²) in [6.07, 6.45) is -5.18. The zero-order valence-corrected chi connectivity index (χ0v) is 14.7. The number of benzene rings is 1. The maximum absolute atomic E-state index is 12.5. The number of hydrogen-bond donors (Lipinski definition) is 1. The van der Waals surface area contributed by atoms with Crippen LogP contribution in [0.25, 0.3) is 0 Å². The van der Waals surface area contributed by atoms with E-state index in [1.807, 2.05) is 0 Å². The highest BCUT2D eigenvalue weighted by molar-refractivity contribution is 5.79. The first-order chi connectivity index (χ1) is 12.6. The Morgan fingerprint density at radius 2 is 2.15 bits per heavy atom. The number of carboxylic acids is 1. The third-order valence-corrected chi connectivity index (χ3v) is 3.90. The topological polar surface area (TPSA) is 79.3 Å². The second-order valence-electron chi connectivity index (χ2n) is 6.30. The minimum atomic E-state index is -4.79. The molecule has 1 N–H and O–H groups in total. The van der Waals surface area contributed by atoms with E-state index in [1.54, 1.807) is 22.9 Å². The Morgan fingerprint density at radius 1 is 1.41 bits per heavy atom. The number of aliphatic carboxylic acids is 1. The van der Waals surface area contributed by atoms with Crippen LogP contribution in [0.3, 0.4) is 0 Å². The second-order valence-corrected chi connectivity index (χ2v) is 6.30. The third-order valence-electron chi connectivity index (χ3n) is 3.90. The maximum Gasteiger partial charge on any atom is 0.573 e. The molecule has 1 aromatic rings. The van der Waals surface area contributed by atoms with Gasteiger partial charge < -0.3 is 19.5 Å². The summed E-state index contributed by atoms with van der Waals surface area (Å²) < 4.78 is 46.3. The van der Waals surface area contributed by atoms with Gasteiger partial charge in [0.15, 0.2) is 0 Å². The van der Waals surface area contributed by atoms with Gasteiger partial charge in [-0.3, -0.25) is 14.5 Å². The summed E-state index contributed by atoms with van der Waals surface area (Å²) in [5, 5.41) is 8.78. The van der Waals surface area contributed by atoms with Gasteiger partial charge in [-0.2, -0.15) is 0 Å². The molecule has 1 aliphatic heterocycles. The van der Waals surface area contributed by atoms with E-state index < -0.39 is 12.3 Å². The highest BCUT2D eigenvalue weighted by Crippen LogP contribution is 2.23. The molecule has 1 amide bonds. The fourth-order valence-electron chi connectivity index (χ4n) is 2.84. The number of carboxylic acid groups (broad SMARTS) is 1. The largest absolute Gasteiger partial charge is 0.573 e. The van der Waals surface area contributed by atoms with Crippen LogP contribution in [0.15, 0.2) is 24.3 Å². The number of alkyl halides is 3.